The van der Waals surface area contributed by atoms with Gasteiger partial charge in [0.1, 0.15) is 11.8 Å². The highest BCUT2D eigenvalue weighted by molar-refractivity contribution is 5.78. The summed E-state index contributed by atoms with van der Waals surface area (Å²) in [7, 11) is 0. The SMILES string of the molecule is CC[C@@]12CCCC(=O)N1[C@H]([C@@H](O)c1ccc([N+](=O)[O-])cc1)CO2. The molecule has 0 radical (unpaired) electrons. The first-order chi connectivity index (χ1) is 11.0. The van der Waals surface area contributed by atoms with Crippen LogP contribution in [0.15, 0.2) is 24.3 Å². The van der Waals surface area contributed by atoms with Crippen molar-refractivity contribution in [2.24, 2.45) is 0 Å². The lowest BCUT2D eigenvalue weighted by molar-refractivity contribution is -0.384. The van der Waals surface area contributed by atoms with Crippen LogP contribution in [0.2, 0.25) is 0 Å². The van der Waals surface area contributed by atoms with Crippen LogP contribution in [0, 0.1) is 10.1 Å². The fraction of sp³-hybridized carbons (Fsp3) is 0.562. The Morgan fingerprint density at radius 2 is 2.17 bits per heavy atom. The maximum Gasteiger partial charge on any atom is 0.269 e. The molecule has 3 rings (SSSR count). The van der Waals surface area contributed by atoms with Crippen molar-refractivity contribution in [3.8, 4) is 0 Å². The summed E-state index contributed by atoms with van der Waals surface area (Å²) in [5.74, 6) is 0.00145. The number of piperidine rings is 1. The quantitative estimate of drug-likeness (QED) is 0.678. The predicted octanol–water partition coefficient (Wildman–Crippen LogP) is 2.15. The third-order valence-corrected chi connectivity index (χ3v) is 4.88. The molecule has 23 heavy (non-hydrogen) atoms. The van der Waals surface area contributed by atoms with Gasteiger partial charge in [-0.15, -0.1) is 0 Å². The van der Waals surface area contributed by atoms with E-state index in [4.69, 9.17) is 4.74 Å². The average Bonchev–Trinajstić information content (AvgIpc) is 2.96. The molecule has 1 aromatic carbocycles. The smallest absolute Gasteiger partial charge is 0.269 e. The summed E-state index contributed by atoms with van der Waals surface area (Å²) in [5.41, 5.74) is -0.0862. The molecule has 124 valence electrons. The second-order valence-electron chi connectivity index (χ2n) is 6.09. The summed E-state index contributed by atoms with van der Waals surface area (Å²) in [6.07, 6.45) is 1.80. The van der Waals surface area contributed by atoms with E-state index < -0.39 is 22.8 Å². The summed E-state index contributed by atoms with van der Waals surface area (Å²) in [6, 6.07) is 5.33. The van der Waals surface area contributed by atoms with Gasteiger partial charge in [-0.3, -0.25) is 14.9 Å². The standard InChI is InChI=1S/C16H20N2O5/c1-2-16-9-3-4-14(19)17(16)13(10-23-16)15(20)11-5-7-12(8-6-11)18(21)22/h5-8,13,15,20H,2-4,9-10H2,1H3/t13-,15-,16+/m0/s1. The highest BCUT2D eigenvalue weighted by Crippen LogP contribution is 2.42. The molecule has 2 saturated heterocycles. The van der Waals surface area contributed by atoms with E-state index >= 15 is 0 Å². The second kappa shape index (κ2) is 5.90. The number of amides is 1. The van der Waals surface area contributed by atoms with Crippen LogP contribution in [0.25, 0.3) is 0 Å². The van der Waals surface area contributed by atoms with Crippen molar-refractivity contribution in [2.45, 2.75) is 50.5 Å². The van der Waals surface area contributed by atoms with Crippen LogP contribution in [0.5, 0.6) is 0 Å². The lowest BCUT2D eigenvalue weighted by Crippen LogP contribution is -2.55. The normalized spacial score (nSPS) is 28.5. The number of nitrogens with zero attached hydrogens (tertiary/aromatic N) is 2. The lowest BCUT2D eigenvalue weighted by atomic mass is 9.92. The average molecular weight is 320 g/mol. The monoisotopic (exact) mass is 320 g/mol. The van der Waals surface area contributed by atoms with Crippen LogP contribution in [0.4, 0.5) is 5.69 Å². The van der Waals surface area contributed by atoms with Gasteiger partial charge in [-0.1, -0.05) is 6.92 Å². The maximum atomic E-state index is 12.4. The maximum absolute atomic E-state index is 12.4. The number of benzene rings is 1. The van der Waals surface area contributed by atoms with Gasteiger partial charge in [0, 0.05) is 18.6 Å². The van der Waals surface area contributed by atoms with Crippen molar-refractivity contribution in [3.05, 3.63) is 39.9 Å². The Bertz CT molecular complexity index is 617. The number of carbonyl (C=O) groups is 1. The Balaban J connectivity index is 1.85. The van der Waals surface area contributed by atoms with Gasteiger partial charge in [0.05, 0.1) is 17.6 Å². The summed E-state index contributed by atoms with van der Waals surface area (Å²) in [5, 5.41) is 21.4. The molecule has 7 nitrogen and oxygen atoms in total. The van der Waals surface area contributed by atoms with Gasteiger partial charge in [0.2, 0.25) is 5.91 Å². The Labute approximate surface area is 134 Å². The summed E-state index contributed by atoms with van der Waals surface area (Å²) < 4.78 is 5.92. The minimum atomic E-state index is -0.925. The van der Waals surface area contributed by atoms with Crippen molar-refractivity contribution in [1.29, 1.82) is 0 Å². The molecule has 3 atom stereocenters. The van der Waals surface area contributed by atoms with E-state index in [9.17, 15) is 20.0 Å². The molecule has 1 N–H and O–H groups in total. The van der Waals surface area contributed by atoms with Crippen LogP contribution in [0.3, 0.4) is 0 Å². The number of rotatable bonds is 4. The number of hydrogen-bond donors (Lipinski definition) is 1. The highest BCUT2D eigenvalue weighted by atomic mass is 16.6. The molecule has 2 aliphatic heterocycles. The zero-order valence-electron chi connectivity index (χ0n) is 13.0. The molecular formula is C16H20N2O5. The van der Waals surface area contributed by atoms with E-state index in [1.807, 2.05) is 6.92 Å². The van der Waals surface area contributed by atoms with Crippen LogP contribution < -0.4 is 0 Å². The number of nitro groups is 1. The van der Waals surface area contributed by atoms with E-state index in [2.05, 4.69) is 0 Å². The van der Waals surface area contributed by atoms with Gasteiger partial charge in [0.25, 0.3) is 5.69 Å². The molecule has 0 aromatic heterocycles. The van der Waals surface area contributed by atoms with Crippen molar-refractivity contribution in [3.63, 3.8) is 0 Å². The van der Waals surface area contributed by atoms with Gasteiger partial charge in [-0.25, -0.2) is 0 Å². The molecule has 0 unspecified atom stereocenters. The van der Waals surface area contributed by atoms with Crippen molar-refractivity contribution < 1.29 is 19.6 Å². The fourth-order valence-corrected chi connectivity index (χ4v) is 3.62. The number of aliphatic hydroxyl groups is 1. The first-order valence-electron chi connectivity index (χ1n) is 7.87. The molecular weight excluding hydrogens is 300 g/mol. The lowest BCUT2D eigenvalue weighted by Gasteiger charge is -2.43. The van der Waals surface area contributed by atoms with Crippen molar-refractivity contribution in [1.82, 2.24) is 4.90 Å². The minimum Gasteiger partial charge on any atom is -0.386 e. The Kier molecular flexibility index (Phi) is 4.08. The van der Waals surface area contributed by atoms with Crippen LogP contribution in [0.1, 0.15) is 44.3 Å². The molecule has 7 heteroatoms. The third-order valence-electron chi connectivity index (χ3n) is 4.88. The van der Waals surface area contributed by atoms with Crippen LogP contribution >= 0.6 is 0 Å². The minimum absolute atomic E-state index is 0.00145. The topological polar surface area (TPSA) is 92.9 Å². The van der Waals surface area contributed by atoms with Gasteiger partial charge in [-0.05, 0) is 37.0 Å². The Morgan fingerprint density at radius 3 is 2.78 bits per heavy atom. The highest BCUT2D eigenvalue weighted by Gasteiger charge is 2.52. The van der Waals surface area contributed by atoms with E-state index in [-0.39, 0.29) is 18.2 Å². The number of non-ortho nitro benzene ring substituents is 1. The molecule has 2 heterocycles. The fourth-order valence-electron chi connectivity index (χ4n) is 3.62. The first-order valence-corrected chi connectivity index (χ1v) is 7.87. The molecule has 2 aliphatic rings. The first kappa shape index (κ1) is 15.9. The van der Waals surface area contributed by atoms with Gasteiger partial charge < -0.3 is 14.7 Å². The molecule has 0 bridgehead atoms. The number of aliphatic hydroxyl groups excluding tert-OH is 1. The number of fused-ring (bicyclic) bond motifs is 1. The molecule has 2 fully saturated rings. The van der Waals surface area contributed by atoms with E-state index in [1.54, 1.807) is 4.90 Å². The van der Waals surface area contributed by atoms with Crippen molar-refractivity contribution in [2.75, 3.05) is 6.61 Å². The zero-order valence-corrected chi connectivity index (χ0v) is 13.0. The number of carbonyl (C=O) groups excluding carboxylic acids is 1. The van der Waals surface area contributed by atoms with Crippen LogP contribution in [-0.2, 0) is 9.53 Å². The van der Waals surface area contributed by atoms with Gasteiger partial charge in [-0.2, -0.15) is 0 Å². The van der Waals surface area contributed by atoms with Crippen LogP contribution in [-0.4, -0.2) is 39.2 Å². The third kappa shape index (κ3) is 2.60. The van der Waals surface area contributed by atoms with E-state index in [0.717, 1.165) is 12.8 Å². The number of ether oxygens (including phenoxy) is 1. The Hall–Kier alpha value is -1.99. The molecule has 0 aliphatic carbocycles. The summed E-state index contributed by atoms with van der Waals surface area (Å²) >= 11 is 0. The number of nitro benzene ring substituents is 1. The number of hydrogen-bond acceptors (Lipinski definition) is 5. The van der Waals surface area contributed by atoms with Gasteiger partial charge >= 0.3 is 0 Å². The molecule has 0 saturated carbocycles. The van der Waals surface area contributed by atoms with Crippen molar-refractivity contribution >= 4 is 11.6 Å². The largest absolute Gasteiger partial charge is 0.386 e. The molecule has 1 aromatic rings. The summed E-state index contributed by atoms with van der Waals surface area (Å²) in [6.45, 7) is 2.25. The molecule has 0 spiro atoms. The zero-order chi connectivity index (χ0) is 16.6. The van der Waals surface area contributed by atoms with E-state index in [0.29, 0.717) is 18.4 Å². The second-order valence-corrected chi connectivity index (χ2v) is 6.09. The van der Waals surface area contributed by atoms with Gasteiger partial charge in [0.15, 0.2) is 0 Å². The predicted molar refractivity (Wildman–Crippen MR) is 81.5 cm³/mol. The Morgan fingerprint density at radius 1 is 1.48 bits per heavy atom. The molecule has 1 amide bonds. The van der Waals surface area contributed by atoms with E-state index in [1.165, 1.54) is 24.3 Å². The summed E-state index contributed by atoms with van der Waals surface area (Å²) in [4.78, 5) is 24.3.